The molecule has 4 aromatic heterocycles. The molecule has 0 aliphatic carbocycles. The van der Waals surface area contributed by atoms with E-state index in [1.54, 1.807) is 0 Å². The van der Waals surface area contributed by atoms with E-state index >= 15 is 0 Å². The Morgan fingerprint density at radius 2 is 1.33 bits per heavy atom. The molecule has 0 bridgehead atoms. The third-order valence-corrected chi connectivity index (χ3v) is 10.4. The Balaban J connectivity index is 0.000000201. The molecule has 10 rings (SSSR count). The van der Waals surface area contributed by atoms with Crippen LogP contribution in [0.25, 0.3) is 83.3 Å². The first kappa shape index (κ1) is 37.7. The molecule has 0 aliphatic heterocycles. The Hall–Kier alpha value is -6.20. The van der Waals surface area contributed by atoms with Crippen LogP contribution >= 0.6 is 0 Å². The van der Waals surface area contributed by atoms with Gasteiger partial charge in [0, 0.05) is 54.3 Å². The summed E-state index contributed by atoms with van der Waals surface area (Å²) in [7, 11) is 0. The van der Waals surface area contributed by atoms with Gasteiger partial charge in [0.05, 0.1) is 16.9 Å². The molecule has 1 radical (unpaired) electrons. The summed E-state index contributed by atoms with van der Waals surface area (Å²) < 4.78 is 8.79. The van der Waals surface area contributed by atoms with Gasteiger partial charge in [-0.3, -0.25) is 4.98 Å². The maximum atomic E-state index is 6.46. The second kappa shape index (κ2) is 16.1. The summed E-state index contributed by atoms with van der Waals surface area (Å²) in [5, 5.41) is 4.37. The van der Waals surface area contributed by atoms with Gasteiger partial charge in [-0.1, -0.05) is 136 Å². The molecule has 0 N–H and O–H groups in total. The van der Waals surface area contributed by atoms with Crippen molar-refractivity contribution in [1.82, 2.24) is 19.5 Å². The maximum Gasteiger partial charge on any atom is 0.169 e. The molecule has 0 saturated heterocycles. The number of hydrogen-bond acceptors (Lipinski definition) is 4. The van der Waals surface area contributed by atoms with Crippen LogP contribution in [-0.2, 0) is 20.1 Å². The van der Waals surface area contributed by atoms with E-state index in [4.69, 9.17) is 14.4 Å². The first-order chi connectivity index (χ1) is 27.5. The van der Waals surface area contributed by atoms with Crippen molar-refractivity contribution in [3.05, 3.63) is 181 Å². The summed E-state index contributed by atoms with van der Waals surface area (Å²) in [6, 6.07) is 56.4. The molecular formula is C51H40IrN4O-2. The Kier molecular flexibility index (Phi) is 10.7. The number of fused-ring (bicyclic) bond motifs is 6. The Morgan fingerprint density at radius 1 is 0.614 bits per heavy atom. The molecule has 6 heteroatoms. The Labute approximate surface area is 346 Å². The van der Waals surface area contributed by atoms with Crippen LogP contribution in [0.3, 0.4) is 0 Å². The van der Waals surface area contributed by atoms with Crippen molar-refractivity contribution in [2.24, 2.45) is 0 Å². The number of furan rings is 1. The first-order valence-corrected chi connectivity index (χ1v) is 19.2. The van der Waals surface area contributed by atoms with Gasteiger partial charge in [-0.2, -0.15) is 0 Å². The first-order valence-electron chi connectivity index (χ1n) is 19.2. The molecule has 6 aromatic carbocycles. The fourth-order valence-corrected chi connectivity index (χ4v) is 7.65. The van der Waals surface area contributed by atoms with E-state index in [2.05, 4.69) is 122 Å². The zero-order valence-electron chi connectivity index (χ0n) is 32.2. The molecule has 0 atom stereocenters. The molecule has 0 fully saturated rings. The number of nitrogens with zero attached hydrogens (tertiary/aromatic N) is 4. The van der Waals surface area contributed by atoms with E-state index in [9.17, 15) is 0 Å². The third kappa shape index (κ3) is 7.08. The van der Waals surface area contributed by atoms with Gasteiger partial charge in [-0.25, -0.2) is 4.98 Å². The third-order valence-electron chi connectivity index (χ3n) is 10.4. The van der Waals surface area contributed by atoms with Crippen LogP contribution in [0.4, 0.5) is 0 Å². The zero-order valence-corrected chi connectivity index (χ0v) is 34.6. The quantitative estimate of drug-likeness (QED) is 0.156. The average Bonchev–Trinajstić information content (AvgIpc) is 3.83. The molecule has 0 amide bonds. The van der Waals surface area contributed by atoms with E-state index in [-0.39, 0.29) is 20.1 Å². The average molecular weight is 917 g/mol. The molecule has 281 valence electrons. The molecular weight excluding hydrogens is 877 g/mol. The monoisotopic (exact) mass is 917 g/mol. The summed E-state index contributed by atoms with van der Waals surface area (Å²) in [5.41, 5.74) is 12.3. The molecule has 0 unspecified atom stereocenters. The molecule has 57 heavy (non-hydrogen) atoms. The van der Waals surface area contributed by atoms with Crippen molar-refractivity contribution in [1.29, 1.82) is 0 Å². The van der Waals surface area contributed by atoms with E-state index < -0.39 is 0 Å². The van der Waals surface area contributed by atoms with Gasteiger partial charge < -0.3 is 14.0 Å². The molecule has 4 heterocycles. The van der Waals surface area contributed by atoms with Crippen molar-refractivity contribution in [2.75, 3.05) is 0 Å². The number of imidazole rings is 1. The molecule has 10 aromatic rings. The number of rotatable bonds is 6. The predicted octanol–water partition coefficient (Wildman–Crippen LogP) is 13.4. The van der Waals surface area contributed by atoms with Gasteiger partial charge in [-0.15, -0.1) is 54.1 Å². The zero-order chi connectivity index (χ0) is 38.2. The van der Waals surface area contributed by atoms with Crippen molar-refractivity contribution in [3.8, 4) is 39.5 Å². The molecule has 5 nitrogen and oxygen atoms in total. The summed E-state index contributed by atoms with van der Waals surface area (Å²) in [6.45, 7) is 9.02. The van der Waals surface area contributed by atoms with Gasteiger partial charge in [0.1, 0.15) is 5.58 Å². The number of hydrogen-bond donors (Lipinski definition) is 0. The molecule has 0 spiro atoms. The molecule has 0 saturated carbocycles. The summed E-state index contributed by atoms with van der Waals surface area (Å²) in [5.74, 6) is 1.44. The normalized spacial score (nSPS) is 11.3. The van der Waals surface area contributed by atoms with Crippen LogP contribution in [0.1, 0.15) is 50.7 Å². The number of benzene rings is 6. The standard InChI is InChI=1S/C34H28N3O.C17H12N.Ir/c1-20(2)23-14-9-15-24(21(3)4)30(23)37-31-25-12-6-5-11-22(25)19-35-33(31)36-34(37)28-17-10-16-27-26-13-7-8-18-29(26)38-32(27)28;1-3-7-14(8-4-1)16-11-12-18-17(13-16)15-9-5-2-6-10-15;/h5-16,18-21H,1-4H3;1-9,11-13H;/q2*-1;. The van der Waals surface area contributed by atoms with Gasteiger partial charge >= 0.3 is 0 Å². The smallest absolute Gasteiger partial charge is 0.169 e. The van der Waals surface area contributed by atoms with E-state index in [0.717, 1.165) is 60.9 Å². The van der Waals surface area contributed by atoms with Crippen LogP contribution in [0.2, 0.25) is 0 Å². The maximum absolute atomic E-state index is 6.46. The Bertz CT molecular complexity index is 2900. The van der Waals surface area contributed by atoms with Gasteiger partial charge in [0.25, 0.3) is 0 Å². The molecule has 0 aliphatic rings. The van der Waals surface area contributed by atoms with Crippen molar-refractivity contribution >= 4 is 43.9 Å². The van der Waals surface area contributed by atoms with E-state index in [1.165, 1.54) is 27.9 Å². The van der Waals surface area contributed by atoms with Gasteiger partial charge in [0.15, 0.2) is 5.65 Å². The van der Waals surface area contributed by atoms with Crippen LogP contribution in [0.15, 0.2) is 162 Å². The number of aromatic nitrogens is 4. The van der Waals surface area contributed by atoms with Gasteiger partial charge in [-0.05, 0) is 51.9 Å². The summed E-state index contributed by atoms with van der Waals surface area (Å²) >= 11 is 0. The van der Waals surface area contributed by atoms with Crippen LogP contribution in [-0.4, -0.2) is 19.5 Å². The van der Waals surface area contributed by atoms with E-state index in [0.29, 0.717) is 17.5 Å². The number of para-hydroxylation sites is 2. The van der Waals surface area contributed by atoms with Gasteiger partial charge in [0.2, 0.25) is 0 Å². The second-order valence-corrected chi connectivity index (χ2v) is 14.6. The SMILES string of the molecule is CC(C)c1cccc(C(C)C)c1-n1c(-c2[c-]ccc3c2oc2ccccc23)nc2ncc3ccccc3c21.[Ir].[c-]1ccccc1-c1cc(-c2ccccc2)ccn1. The Morgan fingerprint density at radius 3 is 2.09 bits per heavy atom. The fourth-order valence-electron chi connectivity index (χ4n) is 7.65. The minimum absolute atomic E-state index is 0. The summed E-state index contributed by atoms with van der Waals surface area (Å²) in [4.78, 5) is 14.4. The second-order valence-electron chi connectivity index (χ2n) is 14.6. The van der Waals surface area contributed by atoms with Crippen LogP contribution < -0.4 is 0 Å². The van der Waals surface area contributed by atoms with Crippen molar-refractivity contribution in [2.45, 2.75) is 39.5 Å². The van der Waals surface area contributed by atoms with E-state index in [1.807, 2.05) is 85.2 Å². The van der Waals surface area contributed by atoms with Crippen LogP contribution in [0, 0.1) is 12.1 Å². The van der Waals surface area contributed by atoms with Crippen LogP contribution in [0.5, 0.6) is 0 Å². The van der Waals surface area contributed by atoms with Crippen molar-refractivity contribution in [3.63, 3.8) is 0 Å². The fraction of sp³-hybridized carbons (Fsp3) is 0.118. The topological polar surface area (TPSA) is 56.7 Å². The largest absolute Gasteiger partial charge is 0.501 e. The minimum atomic E-state index is 0. The predicted molar refractivity (Wildman–Crippen MR) is 230 cm³/mol. The summed E-state index contributed by atoms with van der Waals surface area (Å²) in [6.07, 6.45) is 3.76. The van der Waals surface area contributed by atoms with Crippen molar-refractivity contribution < 1.29 is 24.5 Å². The minimum Gasteiger partial charge on any atom is -0.501 e. The number of pyridine rings is 2.